The fourth-order valence-electron chi connectivity index (χ4n) is 1.73. The van der Waals surface area contributed by atoms with Gasteiger partial charge < -0.3 is 4.74 Å². The minimum absolute atomic E-state index is 0.679. The molecule has 0 atom stereocenters. The van der Waals surface area contributed by atoms with Gasteiger partial charge in [-0.25, -0.2) is 0 Å². The molecule has 0 saturated carbocycles. The fourth-order valence-corrected chi connectivity index (χ4v) is 2.10. The van der Waals surface area contributed by atoms with Crippen LogP contribution in [0.25, 0.3) is 11.1 Å². The zero-order valence-corrected chi connectivity index (χ0v) is 11.6. The Morgan fingerprint density at radius 3 is 3.00 bits per heavy atom. The number of methoxy groups -OCH3 is 1. The van der Waals surface area contributed by atoms with Crippen LogP contribution < -0.4 is 0 Å². The van der Waals surface area contributed by atoms with Crippen molar-refractivity contribution in [2.45, 2.75) is 13.5 Å². The van der Waals surface area contributed by atoms with Crippen LogP contribution in [0.2, 0.25) is 0 Å². The van der Waals surface area contributed by atoms with Gasteiger partial charge in [0.2, 0.25) is 0 Å². The van der Waals surface area contributed by atoms with E-state index in [0.717, 1.165) is 16.6 Å². The Morgan fingerprint density at radius 2 is 2.24 bits per heavy atom. The predicted molar refractivity (Wildman–Crippen MR) is 72.0 cm³/mol. The average Bonchev–Trinajstić information content (AvgIpc) is 2.78. The Labute approximate surface area is 110 Å². The standard InChI is InChI=1S/C13H15BrN2O/c1-10-12(4-3-5-13(10)14)11-8-15-16(9-11)6-7-17-2/h3-5,8-9H,6-7H2,1-2H3. The van der Waals surface area contributed by atoms with Crippen LogP contribution in [0.1, 0.15) is 5.56 Å². The molecule has 0 radical (unpaired) electrons. The Hall–Kier alpha value is -1.13. The number of rotatable bonds is 4. The molecule has 0 unspecified atom stereocenters. The quantitative estimate of drug-likeness (QED) is 0.865. The maximum absolute atomic E-state index is 5.04. The molecule has 0 aliphatic rings. The number of hydrogen-bond donors (Lipinski definition) is 0. The lowest BCUT2D eigenvalue weighted by Crippen LogP contribution is -2.03. The van der Waals surface area contributed by atoms with Crippen LogP contribution in [0.15, 0.2) is 35.1 Å². The van der Waals surface area contributed by atoms with Crippen molar-refractivity contribution < 1.29 is 4.74 Å². The van der Waals surface area contributed by atoms with E-state index in [4.69, 9.17) is 4.74 Å². The molecule has 0 fully saturated rings. The largest absolute Gasteiger partial charge is 0.383 e. The molecule has 0 N–H and O–H groups in total. The van der Waals surface area contributed by atoms with Crippen LogP contribution in [0.5, 0.6) is 0 Å². The van der Waals surface area contributed by atoms with Crippen molar-refractivity contribution >= 4 is 15.9 Å². The summed E-state index contributed by atoms with van der Waals surface area (Å²) in [5.41, 5.74) is 3.58. The Morgan fingerprint density at radius 1 is 1.41 bits per heavy atom. The van der Waals surface area contributed by atoms with Gasteiger partial charge in [-0.2, -0.15) is 5.10 Å². The van der Waals surface area contributed by atoms with E-state index < -0.39 is 0 Å². The summed E-state index contributed by atoms with van der Waals surface area (Å²) >= 11 is 3.54. The monoisotopic (exact) mass is 294 g/mol. The first-order chi connectivity index (χ1) is 8.22. The number of hydrogen-bond acceptors (Lipinski definition) is 2. The van der Waals surface area contributed by atoms with E-state index in [1.165, 1.54) is 11.1 Å². The number of halogens is 1. The first-order valence-corrected chi connectivity index (χ1v) is 6.28. The topological polar surface area (TPSA) is 27.1 Å². The van der Waals surface area contributed by atoms with Crippen molar-refractivity contribution in [1.29, 1.82) is 0 Å². The summed E-state index contributed by atoms with van der Waals surface area (Å²) in [6, 6.07) is 6.20. The summed E-state index contributed by atoms with van der Waals surface area (Å²) in [7, 11) is 1.70. The molecule has 4 heteroatoms. The van der Waals surface area contributed by atoms with E-state index >= 15 is 0 Å². The normalized spacial score (nSPS) is 10.8. The minimum atomic E-state index is 0.679. The molecule has 0 amide bonds. The van der Waals surface area contributed by atoms with Gasteiger partial charge in [0.05, 0.1) is 19.3 Å². The molecule has 2 rings (SSSR count). The molecule has 90 valence electrons. The second kappa shape index (κ2) is 5.47. The molecule has 1 aromatic carbocycles. The molecule has 0 aliphatic carbocycles. The zero-order chi connectivity index (χ0) is 12.3. The summed E-state index contributed by atoms with van der Waals surface area (Å²) in [6.45, 7) is 3.56. The molecule has 0 spiro atoms. The molecule has 17 heavy (non-hydrogen) atoms. The van der Waals surface area contributed by atoms with E-state index in [9.17, 15) is 0 Å². The summed E-state index contributed by atoms with van der Waals surface area (Å²) in [5.74, 6) is 0. The predicted octanol–water partition coefficient (Wildman–Crippen LogP) is 3.27. The SMILES string of the molecule is COCCn1cc(-c2cccc(Br)c2C)cn1. The lowest BCUT2D eigenvalue weighted by molar-refractivity contribution is 0.183. The number of ether oxygens (including phenoxy) is 1. The third kappa shape index (κ3) is 2.76. The highest BCUT2D eigenvalue weighted by molar-refractivity contribution is 9.10. The number of nitrogens with zero attached hydrogens (tertiary/aromatic N) is 2. The van der Waals surface area contributed by atoms with Gasteiger partial charge in [0.1, 0.15) is 0 Å². The summed E-state index contributed by atoms with van der Waals surface area (Å²) < 4.78 is 8.06. The van der Waals surface area contributed by atoms with E-state index in [1.54, 1.807) is 7.11 Å². The summed E-state index contributed by atoms with van der Waals surface area (Å²) in [5, 5.41) is 4.32. The second-order valence-electron chi connectivity index (χ2n) is 3.90. The summed E-state index contributed by atoms with van der Waals surface area (Å²) in [4.78, 5) is 0. The maximum atomic E-state index is 5.04. The van der Waals surface area contributed by atoms with Crippen molar-refractivity contribution in [3.63, 3.8) is 0 Å². The van der Waals surface area contributed by atoms with Gasteiger partial charge in [-0.1, -0.05) is 28.1 Å². The Bertz CT molecular complexity index is 508. The van der Waals surface area contributed by atoms with Gasteiger partial charge in [-0.3, -0.25) is 4.68 Å². The Kier molecular flexibility index (Phi) is 3.97. The van der Waals surface area contributed by atoms with Crippen LogP contribution in [0.3, 0.4) is 0 Å². The highest BCUT2D eigenvalue weighted by Crippen LogP contribution is 2.28. The minimum Gasteiger partial charge on any atom is -0.383 e. The van der Waals surface area contributed by atoms with Crippen LogP contribution in [-0.2, 0) is 11.3 Å². The van der Waals surface area contributed by atoms with Gasteiger partial charge in [0, 0.05) is 23.3 Å². The third-order valence-electron chi connectivity index (χ3n) is 2.74. The van der Waals surface area contributed by atoms with Gasteiger partial charge >= 0.3 is 0 Å². The van der Waals surface area contributed by atoms with Gasteiger partial charge in [0.15, 0.2) is 0 Å². The Balaban J connectivity index is 2.27. The molecule has 0 aliphatic heterocycles. The molecular formula is C13H15BrN2O. The molecule has 3 nitrogen and oxygen atoms in total. The first kappa shape index (κ1) is 12.3. The van der Waals surface area contributed by atoms with Crippen LogP contribution in [0.4, 0.5) is 0 Å². The van der Waals surface area contributed by atoms with Gasteiger partial charge in [-0.05, 0) is 24.1 Å². The third-order valence-corrected chi connectivity index (χ3v) is 3.60. The van der Waals surface area contributed by atoms with Crippen LogP contribution >= 0.6 is 15.9 Å². The van der Waals surface area contributed by atoms with Crippen molar-refractivity contribution in [2.75, 3.05) is 13.7 Å². The van der Waals surface area contributed by atoms with Gasteiger partial charge in [0.25, 0.3) is 0 Å². The van der Waals surface area contributed by atoms with E-state index in [1.807, 2.05) is 29.2 Å². The number of benzene rings is 1. The van der Waals surface area contributed by atoms with Crippen molar-refractivity contribution in [3.05, 3.63) is 40.6 Å². The highest BCUT2D eigenvalue weighted by Gasteiger charge is 2.06. The lowest BCUT2D eigenvalue weighted by atomic mass is 10.0. The van der Waals surface area contributed by atoms with Crippen LogP contribution in [0, 0.1) is 6.92 Å². The first-order valence-electron chi connectivity index (χ1n) is 5.49. The van der Waals surface area contributed by atoms with Crippen molar-refractivity contribution in [2.24, 2.45) is 0 Å². The number of aromatic nitrogens is 2. The molecule has 1 aromatic heterocycles. The summed E-state index contributed by atoms with van der Waals surface area (Å²) in [6.07, 6.45) is 3.94. The highest BCUT2D eigenvalue weighted by atomic mass is 79.9. The smallest absolute Gasteiger partial charge is 0.0658 e. The molecule has 0 bridgehead atoms. The van der Waals surface area contributed by atoms with E-state index in [-0.39, 0.29) is 0 Å². The second-order valence-corrected chi connectivity index (χ2v) is 4.75. The fraction of sp³-hybridized carbons (Fsp3) is 0.308. The molecule has 2 aromatic rings. The molecule has 0 saturated heterocycles. The molecular weight excluding hydrogens is 280 g/mol. The van der Waals surface area contributed by atoms with Crippen molar-refractivity contribution in [1.82, 2.24) is 9.78 Å². The average molecular weight is 295 g/mol. The maximum Gasteiger partial charge on any atom is 0.0658 e. The lowest BCUT2D eigenvalue weighted by Gasteiger charge is -2.04. The van der Waals surface area contributed by atoms with Gasteiger partial charge in [-0.15, -0.1) is 0 Å². The van der Waals surface area contributed by atoms with E-state index in [0.29, 0.717) is 6.61 Å². The van der Waals surface area contributed by atoms with Crippen LogP contribution in [-0.4, -0.2) is 23.5 Å². The van der Waals surface area contributed by atoms with E-state index in [2.05, 4.69) is 34.0 Å². The van der Waals surface area contributed by atoms with Crippen molar-refractivity contribution in [3.8, 4) is 11.1 Å². The molecule has 1 heterocycles. The zero-order valence-electron chi connectivity index (χ0n) is 9.98.